The summed E-state index contributed by atoms with van der Waals surface area (Å²) in [6.07, 6.45) is 3.82. The lowest BCUT2D eigenvalue weighted by Crippen LogP contribution is -2.26. The standard InChI is InChI=1S/C16H27N3/c1-4-19-12-7-8-14(11-13-19)17-15-9-5-6-10-16(15)18(2)3/h5-6,9-10,14,17H,4,7-8,11-13H2,1-3H3. The second-order valence-corrected chi connectivity index (χ2v) is 5.62. The van der Waals surface area contributed by atoms with Crippen LogP contribution in [0.4, 0.5) is 11.4 Å². The van der Waals surface area contributed by atoms with Crippen molar-refractivity contribution in [3.63, 3.8) is 0 Å². The van der Waals surface area contributed by atoms with Crippen LogP contribution in [0.3, 0.4) is 0 Å². The maximum Gasteiger partial charge on any atom is 0.0596 e. The van der Waals surface area contributed by atoms with E-state index in [4.69, 9.17) is 0 Å². The second kappa shape index (κ2) is 6.80. The molecular formula is C16H27N3. The summed E-state index contributed by atoms with van der Waals surface area (Å²) in [6.45, 7) is 5.92. The third-order valence-corrected chi connectivity index (χ3v) is 4.01. The van der Waals surface area contributed by atoms with Gasteiger partial charge in [0.15, 0.2) is 0 Å². The van der Waals surface area contributed by atoms with Crippen LogP contribution in [0.25, 0.3) is 0 Å². The van der Waals surface area contributed by atoms with Crippen molar-refractivity contribution in [2.45, 2.75) is 32.2 Å². The first-order valence-electron chi connectivity index (χ1n) is 7.46. The van der Waals surface area contributed by atoms with E-state index in [-0.39, 0.29) is 0 Å². The normalized spacial score (nSPS) is 20.9. The van der Waals surface area contributed by atoms with Gasteiger partial charge in [-0.15, -0.1) is 0 Å². The van der Waals surface area contributed by atoms with E-state index in [0.29, 0.717) is 6.04 Å². The molecule has 0 spiro atoms. The van der Waals surface area contributed by atoms with Crippen LogP contribution < -0.4 is 10.2 Å². The van der Waals surface area contributed by atoms with Crippen molar-refractivity contribution in [2.24, 2.45) is 0 Å². The Hall–Kier alpha value is -1.22. The first-order valence-corrected chi connectivity index (χ1v) is 7.46. The van der Waals surface area contributed by atoms with Crippen molar-refractivity contribution in [2.75, 3.05) is 43.9 Å². The molecule has 2 rings (SSSR count). The second-order valence-electron chi connectivity index (χ2n) is 5.62. The van der Waals surface area contributed by atoms with Crippen LogP contribution in [0.2, 0.25) is 0 Å². The summed E-state index contributed by atoms with van der Waals surface area (Å²) >= 11 is 0. The molecule has 0 radical (unpaired) electrons. The minimum absolute atomic E-state index is 0.609. The fourth-order valence-electron chi connectivity index (χ4n) is 2.82. The first kappa shape index (κ1) is 14.2. The summed E-state index contributed by atoms with van der Waals surface area (Å²) in [7, 11) is 4.21. The molecule has 1 saturated heterocycles. The third-order valence-electron chi connectivity index (χ3n) is 4.01. The predicted molar refractivity (Wildman–Crippen MR) is 84.1 cm³/mol. The van der Waals surface area contributed by atoms with Gasteiger partial charge in [-0.3, -0.25) is 0 Å². The van der Waals surface area contributed by atoms with Gasteiger partial charge in [0.1, 0.15) is 0 Å². The highest BCUT2D eigenvalue weighted by Gasteiger charge is 2.16. The molecule has 0 aromatic heterocycles. The highest BCUT2D eigenvalue weighted by atomic mass is 15.1. The summed E-state index contributed by atoms with van der Waals surface area (Å²) in [5, 5.41) is 3.75. The summed E-state index contributed by atoms with van der Waals surface area (Å²) in [6, 6.07) is 9.20. The number of likely N-dealkylation sites (tertiary alicyclic amines) is 1. The number of anilines is 2. The van der Waals surface area contributed by atoms with Crippen LogP contribution in [0, 0.1) is 0 Å². The number of rotatable bonds is 4. The molecule has 1 aromatic carbocycles. The molecule has 1 aliphatic rings. The Morgan fingerprint density at radius 1 is 1.21 bits per heavy atom. The Morgan fingerprint density at radius 3 is 2.74 bits per heavy atom. The topological polar surface area (TPSA) is 18.5 Å². The lowest BCUT2D eigenvalue weighted by atomic mass is 10.1. The van der Waals surface area contributed by atoms with E-state index in [0.717, 1.165) is 0 Å². The highest BCUT2D eigenvalue weighted by molar-refractivity contribution is 5.69. The van der Waals surface area contributed by atoms with Gasteiger partial charge in [-0.25, -0.2) is 0 Å². The van der Waals surface area contributed by atoms with Crippen molar-refractivity contribution < 1.29 is 0 Å². The van der Waals surface area contributed by atoms with Crippen molar-refractivity contribution >= 4 is 11.4 Å². The third kappa shape index (κ3) is 3.87. The maximum absolute atomic E-state index is 3.75. The lowest BCUT2D eigenvalue weighted by Gasteiger charge is -2.23. The fourth-order valence-corrected chi connectivity index (χ4v) is 2.82. The molecule has 1 fully saturated rings. The molecule has 1 aromatic rings. The molecule has 0 saturated carbocycles. The number of hydrogen-bond acceptors (Lipinski definition) is 3. The van der Waals surface area contributed by atoms with Crippen LogP contribution in [-0.4, -0.2) is 44.7 Å². The van der Waals surface area contributed by atoms with Gasteiger partial charge in [-0.05, 0) is 44.5 Å². The van der Waals surface area contributed by atoms with Gasteiger partial charge < -0.3 is 15.1 Å². The quantitative estimate of drug-likeness (QED) is 0.899. The van der Waals surface area contributed by atoms with E-state index in [1.807, 2.05) is 0 Å². The van der Waals surface area contributed by atoms with E-state index >= 15 is 0 Å². The van der Waals surface area contributed by atoms with Gasteiger partial charge in [0, 0.05) is 26.7 Å². The van der Waals surface area contributed by atoms with Crippen molar-refractivity contribution in [3.8, 4) is 0 Å². The van der Waals surface area contributed by atoms with Crippen LogP contribution in [-0.2, 0) is 0 Å². The van der Waals surface area contributed by atoms with Gasteiger partial charge in [-0.1, -0.05) is 19.1 Å². The highest BCUT2D eigenvalue weighted by Crippen LogP contribution is 2.26. The molecule has 1 aliphatic heterocycles. The number of nitrogens with zero attached hydrogens (tertiary/aromatic N) is 2. The monoisotopic (exact) mass is 261 g/mol. The Balaban J connectivity index is 2.01. The summed E-state index contributed by atoms with van der Waals surface area (Å²) in [5.41, 5.74) is 2.54. The molecule has 1 unspecified atom stereocenters. The van der Waals surface area contributed by atoms with Gasteiger partial charge >= 0.3 is 0 Å². The zero-order valence-electron chi connectivity index (χ0n) is 12.5. The van der Waals surface area contributed by atoms with E-state index < -0.39 is 0 Å². The zero-order valence-corrected chi connectivity index (χ0v) is 12.5. The Morgan fingerprint density at radius 2 is 2.00 bits per heavy atom. The molecule has 3 heteroatoms. The van der Waals surface area contributed by atoms with E-state index in [9.17, 15) is 0 Å². The average Bonchev–Trinajstić information content (AvgIpc) is 2.64. The molecule has 0 aliphatic carbocycles. The number of para-hydroxylation sites is 2. The summed E-state index contributed by atoms with van der Waals surface area (Å²) in [5.74, 6) is 0. The van der Waals surface area contributed by atoms with Crippen LogP contribution >= 0.6 is 0 Å². The molecule has 0 amide bonds. The van der Waals surface area contributed by atoms with Gasteiger partial charge in [-0.2, -0.15) is 0 Å². The minimum atomic E-state index is 0.609. The van der Waals surface area contributed by atoms with Crippen LogP contribution in [0.5, 0.6) is 0 Å². The Kier molecular flexibility index (Phi) is 5.08. The number of nitrogens with one attached hydrogen (secondary N) is 1. The Labute approximate surface area is 117 Å². The smallest absolute Gasteiger partial charge is 0.0596 e. The van der Waals surface area contributed by atoms with E-state index in [1.54, 1.807) is 0 Å². The van der Waals surface area contributed by atoms with E-state index in [1.165, 1.54) is 50.3 Å². The molecule has 19 heavy (non-hydrogen) atoms. The van der Waals surface area contributed by atoms with Crippen molar-refractivity contribution in [1.82, 2.24) is 4.90 Å². The van der Waals surface area contributed by atoms with Gasteiger partial charge in [0.05, 0.1) is 11.4 Å². The lowest BCUT2D eigenvalue weighted by molar-refractivity contribution is 0.300. The molecule has 3 nitrogen and oxygen atoms in total. The number of hydrogen-bond donors (Lipinski definition) is 1. The molecular weight excluding hydrogens is 234 g/mol. The van der Waals surface area contributed by atoms with Crippen molar-refractivity contribution in [3.05, 3.63) is 24.3 Å². The molecule has 1 atom stereocenters. The summed E-state index contributed by atoms with van der Waals surface area (Å²) in [4.78, 5) is 4.73. The molecule has 1 N–H and O–H groups in total. The largest absolute Gasteiger partial charge is 0.381 e. The fraction of sp³-hybridized carbons (Fsp3) is 0.625. The molecule has 1 heterocycles. The number of benzene rings is 1. The van der Waals surface area contributed by atoms with Crippen LogP contribution in [0.1, 0.15) is 26.2 Å². The first-order chi connectivity index (χ1) is 9.20. The summed E-state index contributed by atoms with van der Waals surface area (Å²) < 4.78 is 0. The Bertz CT molecular complexity index is 389. The SMILES string of the molecule is CCN1CCCC(Nc2ccccc2N(C)C)CC1. The predicted octanol–water partition coefficient (Wildman–Crippen LogP) is 3.04. The van der Waals surface area contributed by atoms with Crippen LogP contribution in [0.15, 0.2) is 24.3 Å². The maximum atomic E-state index is 3.75. The van der Waals surface area contributed by atoms with E-state index in [2.05, 4.69) is 60.4 Å². The van der Waals surface area contributed by atoms with Gasteiger partial charge in [0.25, 0.3) is 0 Å². The van der Waals surface area contributed by atoms with Gasteiger partial charge in [0.2, 0.25) is 0 Å². The average molecular weight is 261 g/mol. The minimum Gasteiger partial charge on any atom is -0.381 e. The molecule has 0 bridgehead atoms. The molecule has 106 valence electrons. The zero-order chi connectivity index (χ0) is 13.7. The van der Waals surface area contributed by atoms with Crippen molar-refractivity contribution in [1.29, 1.82) is 0 Å².